The smallest absolute Gasteiger partial charge is 0.191 e. The first-order chi connectivity index (χ1) is 13.1. The number of sulfone groups is 1. The minimum Gasteiger partial charge on any atom is -0.356 e. The molecule has 1 aromatic carbocycles. The van der Waals surface area contributed by atoms with Crippen LogP contribution >= 0.6 is 24.0 Å². The lowest BCUT2D eigenvalue weighted by Gasteiger charge is -2.32. The Bertz CT molecular complexity index is 807. The second-order valence-corrected chi connectivity index (χ2v) is 11.7. The normalized spacial score (nSPS) is 23.4. The third-order valence-corrected chi connectivity index (χ3v) is 8.08. The van der Waals surface area contributed by atoms with Gasteiger partial charge in [-0.25, -0.2) is 8.42 Å². The van der Waals surface area contributed by atoms with Gasteiger partial charge in [0.15, 0.2) is 15.8 Å². The lowest BCUT2D eigenvalue weighted by molar-refractivity contribution is 0.430. The van der Waals surface area contributed by atoms with Gasteiger partial charge in [-0.3, -0.25) is 4.99 Å². The largest absolute Gasteiger partial charge is 0.356 e. The van der Waals surface area contributed by atoms with E-state index in [9.17, 15) is 8.42 Å². The van der Waals surface area contributed by atoms with Gasteiger partial charge in [-0.05, 0) is 35.8 Å². The van der Waals surface area contributed by atoms with E-state index in [1.807, 2.05) is 0 Å². The molecule has 29 heavy (non-hydrogen) atoms. The molecule has 1 aromatic rings. The summed E-state index contributed by atoms with van der Waals surface area (Å²) in [5, 5.41) is 6.80. The summed E-state index contributed by atoms with van der Waals surface area (Å²) in [5.74, 6) is 1.18. The minimum absolute atomic E-state index is 0. The van der Waals surface area contributed by atoms with Crippen LogP contribution in [0.2, 0.25) is 0 Å². The van der Waals surface area contributed by atoms with E-state index in [0.717, 1.165) is 6.54 Å². The lowest BCUT2D eigenvalue weighted by Crippen LogP contribution is -2.48. The highest BCUT2D eigenvalue weighted by Crippen LogP contribution is 2.41. The van der Waals surface area contributed by atoms with Crippen LogP contribution in [0, 0.1) is 0 Å². The molecule has 1 saturated heterocycles. The molecule has 3 rings (SSSR count). The van der Waals surface area contributed by atoms with Gasteiger partial charge in [0.05, 0.1) is 11.5 Å². The zero-order valence-corrected chi connectivity index (χ0v) is 21.3. The quantitative estimate of drug-likeness (QED) is 0.351. The Morgan fingerprint density at radius 3 is 2.28 bits per heavy atom. The van der Waals surface area contributed by atoms with Gasteiger partial charge in [0.25, 0.3) is 0 Å². The van der Waals surface area contributed by atoms with Crippen LogP contribution in [0.25, 0.3) is 0 Å². The number of guanidine groups is 1. The monoisotopic (exact) mass is 533 g/mol. The third-order valence-electron chi connectivity index (χ3n) is 6.32. The number of benzene rings is 1. The molecule has 0 radical (unpaired) electrons. The molecule has 2 aliphatic rings. The summed E-state index contributed by atoms with van der Waals surface area (Å²) >= 11 is 0. The maximum absolute atomic E-state index is 11.7. The average molecular weight is 534 g/mol. The highest BCUT2D eigenvalue weighted by Gasteiger charge is 2.36. The Hall–Kier alpha value is -0.830. The molecule has 1 atom stereocenters. The number of hydrogen-bond acceptors (Lipinski definition) is 3. The molecule has 1 unspecified atom stereocenters. The molecule has 5 nitrogen and oxygen atoms in total. The van der Waals surface area contributed by atoms with Gasteiger partial charge in [-0.1, -0.05) is 57.9 Å². The van der Waals surface area contributed by atoms with Crippen molar-refractivity contribution in [3.05, 3.63) is 35.4 Å². The van der Waals surface area contributed by atoms with E-state index < -0.39 is 9.84 Å². The molecule has 7 heteroatoms. The van der Waals surface area contributed by atoms with Crippen molar-refractivity contribution in [2.75, 3.05) is 25.1 Å². The van der Waals surface area contributed by atoms with E-state index in [1.54, 1.807) is 7.05 Å². The third kappa shape index (κ3) is 6.09. The molecule has 1 saturated carbocycles. The highest BCUT2D eigenvalue weighted by atomic mass is 127. The average Bonchev–Trinajstić information content (AvgIpc) is 3.25. The van der Waals surface area contributed by atoms with E-state index in [2.05, 4.69) is 60.7 Å². The Kier molecular flexibility index (Phi) is 8.04. The fraction of sp³-hybridized carbons (Fsp3) is 0.682. The molecule has 0 aromatic heterocycles. The standard InChI is InChI=1S/C22H35N3O2S.HI/c1-21(2,3)17-7-9-18(10-8-17)22(12-5-6-13-22)16-24-20(23-4)25-19-11-14-28(26,27)15-19;/h7-10,19H,5-6,11-16H2,1-4H3,(H2,23,24,25);1H. The van der Waals surface area contributed by atoms with Gasteiger partial charge in [0.2, 0.25) is 0 Å². The van der Waals surface area contributed by atoms with Crippen molar-refractivity contribution in [3.63, 3.8) is 0 Å². The number of hydrogen-bond donors (Lipinski definition) is 2. The summed E-state index contributed by atoms with van der Waals surface area (Å²) in [6, 6.07) is 9.10. The number of nitrogens with zero attached hydrogens (tertiary/aromatic N) is 1. The minimum atomic E-state index is -2.90. The number of rotatable bonds is 4. The van der Waals surface area contributed by atoms with Crippen LogP contribution in [0.3, 0.4) is 0 Å². The van der Waals surface area contributed by atoms with E-state index in [-0.39, 0.29) is 52.4 Å². The second kappa shape index (κ2) is 9.54. The van der Waals surface area contributed by atoms with Gasteiger partial charge in [0, 0.05) is 25.0 Å². The second-order valence-electron chi connectivity index (χ2n) is 9.48. The van der Waals surface area contributed by atoms with Gasteiger partial charge in [0.1, 0.15) is 0 Å². The first-order valence-electron chi connectivity index (χ1n) is 10.4. The number of aliphatic imine (C=N–C) groups is 1. The summed E-state index contributed by atoms with van der Waals surface area (Å²) in [6.45, 7) is 7.55. The van der Waals surface area contributed by atoms with Gasteiger partial charge in [-0.2, -0.15) is 0 Å². The fourth-order valence-electron chi connectivity index (χ4n) is 4.49. The molecule has 1 aliphatic heterocycles. The van der Waals surface area contributed by atoms with Crippen molar-refractivity contribution in [1.29, 1.82) is 0 Å². The van der Waals surface area contributed by atoms with Crippen LogP contribution in [0.15, 0.2) is 29.3 Å². The maximum atomic E-state index is 11.7. The van der Waals surface area contributed by atoms with Crippen LogP contribution in [0.5, 0.6) is 0 Å². The predicted octanol–water partition coefficient (Wildman–Crippen LogP) is 3.77. The van der Waals surface area contributed by atoms with E-state index >= 15 is 0 Å². The summed E-state index contributed by atoms with van der Waals surface area (Å²) in [7, 11) is -1.15. The molecule has 1 heterocycles. The molecule has 164 valence electrons. The molecular formula is C22H36IN3O2S. The molecule has 0 bridgehead atoms. The molecule has 2 fully saturated rings. The Morgan fingerprint density at radius 2 is 1.79 bits per heavy atom. The zero-order chi connectivity index (χ0) is 20.4. The SMILES string of the molecule is CN=C(NCC1(c2ccc(C(C)(C)C)cc2)CCCC1)NC1CCS(=O)(=O)C1.I. The summed E-state index contributed by atoms with van der Waals surface area (Å²) in [4.78, 5) is 4.33. The van der Waals surface area contributed by atoms with Crippen molar-refractivity contribution >= 4 is 39.8 Å². The van der Waals surface area contributed by atoms with E-state index in [1.165, 1.54) is 36.8 Å². The topological polar surface area (TPSA) is 70.6 Å². The van der Waals surface area contributed by atoms with Crippen LogP contribution in [-0.4, -0.2) is 45.5 Å². The lowest BCUT2D eigenvalue weighted by atomic mass is 9.77. The van der Waals surface area contributed by atoms with Crippen molar-refractivity contribution in [2.45, 2.75) is 69.7 Å². The van der Waals surface area contributed by atoms with E-state index in [4.69, 9.17) is 0 Å². The molecule has 1 aliphatic carbocycles. The fourth-order valence-corrected chi connectivity index (χ4v) is 6.17. The molecular weight excluding hydrogens is 497 g/mol. The van der Waals surface area contributed by atoms with Gasteiger partial charge < -0.3 is 10.6 Å². The van der Waals surface area contributed by atoms with Crippen molar-refractivity contribution in [2.24, 2.45) is 4.99 Å². The predicted molar refractivity (Wildman–Crippen MR) is 132 cm³/mol. The maximum Gasteiger partial charge on any atom is 0.191 e. The molecule has 2 N–H and O–H groups in total. The van der Waals surface area contributed by atoms with E-state index in [0.29, 0.717) is 12.4 Å². The zero-order valence-electron chi connectivity index (χ0n) is 18.1. The number of halogens is 1. The first kappa shape index (κ1) is 24.4. The van der Waals surface area contributed by atoms with Gasteiger partial charge >= 0.3 is 0 Å². The van der Waals surface area contributed by atoms with Crippen LogP contribution in [-0.2, 0) is 20.7 Å². The summed E-state index contributed by atoms with van der Waals surface area (Å²) in [5.41, 5.74) is 3.03. The van der Waals surface area contributed by atoms with Crippen molar-refractivity contribution in [1.82, 2.24) is 10.6 Å². The van der Waals surface area contributed by atoms with Crippen LogP contribution < -0.4 is 10.6 Å². The summed E-state index contributed by atoms with van der Waals surface area (Å²) < 4.78 is 23.4. The molecule has 0 amide bonds. The molecule has 0 spiro atoms. The Labute approximate surface area is 193 Å². The van der Waals surface area contributed by atoms with Crippen LogP contribution in [0.4, 0.5) is 0 Å². The van der Waals surface area contributed by atoms with Crippen molar-refractivity contribution < 1.29 is 8.42 Å². The highest BCUT2D eigenvalue weighted by molar-refractivity contribution is 14.0. The van der Waals surface area contributed by atoms with Crippen molar-refractivity contribution in [3.8, 4) is 0 Å². The first-order valence-corrected chi connectivity index (χ1v) is 12.2. The summed E-state index contributed by atoms with van der Waals surface area (Å²) in [6.07, 6.45) is 5.49. The van der Waals surface area contributed by atoms with Gasteiger partial charge in [-0.15, -0.1) is 24.0 Å². The number of nitrogens with one attached hydrogen (secondary N) is 2. The Morgan fingerprint density at radius 1 is 1.17 bits per heavy atom. The van der Waals surface area contributed by atoms with Crippen LogP contribution in [0.1, 0.15) is 64.0 Å². The Balaban J connectivity index is 0.00000300.